The Labute approximate surface area is 150 Å². The highest BCUT2D eigenvalue weighted by Crippen LogP contribution is 2.27. The van der Waals surface area contributed by atoms with Gasteiger partial charge in [-0.1, -0.05) is 59.3 Å². The van der Waals surface area contributed by atoms with E-state index in [2.05, 4.69) is 45.4 Å². The first-order valence-corrected chi connectivity index (χ1v) is 8.88. The van der Waals surface area contributed by atoms with Gasteiger partial charge in [0.1, 0.15) is 5.15 Å². The third kappa shape index (κ3) is 3.86. The lowest BCUT2D eigenvalue weighted by Gasteiger charge is -2.08. The van der Waals surface area contributed by atoms with Crippen LogP contribution in [0, 0.1) is 6.92 Å². The molecule has 0 atom stereocenters. The Balaban J connectivity index is 1.85. The van der Waals surface area contributed by atoms with Crippen LogP contribution in [0.2, 0.25) is 5.15 Å². The van der Waals surface area contributed by atoms with Crippen molar-refractivity contribution >= 4 is 23.4 Å². The molecule has 2 aromatic heterocycles. The standard InChI is InChI=1S/C18H17ClN4S/c1-3-9-23-17(15-6-4-5-13(2)10-15)21-22-18(23)24-12-14-7-8-16(19)20-11-14/h3-8,10-11H,1,9,12H2,2H3. The maximum absolute atomic E-state index is 5.82. The van der Waals surface area contributed by atoms with Crippen LogP contribution in [-0.2, 0) is 12.3 Å². The summed E-state index contributed by atoms with van der Waals surface area (Å²) in [5, 5.41) is 10.1. The first-order chi connectivity index (χ1) is 11.7. The molecule has 24 heavy (non-hydrogen) atoms. The highest BCUT2D eigenvalue weighted by Gasteiger charge is 2.13. The van der Waals surface area contributed by atoms with E-state index in [0.29, 0.717) is 11.7 Å². The second kappa shape index (κ2) is 7.64. The Morgan fingerprint density at radius 3 is 2.83 bits per heavy atom. The summed E-state index contributed by atoms with van der Waals surface area (Å²) in [5.41, 5.74) is 3.35. The number of hydrogen-bond donors (Lipinski definition) is 0. The second-order valence-corrected chi connectivity index (χ2v) is 6.68. The van der Waals surface area contributed by atoms with E-state index >= 15 is 0 Å². The minimum absolute atomic E-state index is 0.500. The maximum Gasteiger partial charge on any atom is 0.192 e. The molecule has 0 aliphatic heterocycles. The molecular formula is C18H17ClN4S. The van der Waals surface area contributed by atoms with Crippen LogP contribution in [0.1, 0.15) is 11.1 Å². The third-order valence-corrected chi connectivity index (χ3v) is 4.72. The van der Waals surface area contributed by atoms with Crippen LogP contribution in [0.3, 0.4) is 0 Å². The number of halogens is 1. The molecule has 3 aromatic rings. The van der Waals surface area contributed by atoms with Crippen molar-refractivity contribution in [2.24, 2.45) is 0 Å². The van der Waals surface area contributed by atoms with Crippen molar-refractivity contribution < 1.29 is 0 Å². The molecule has 0 saturated heterocycles. The number of nitrogens with zero attached hydrogens (tertiary/aromatic N) is 4. The van der Waals surface area contributed by atoms with E-state index in [0.717, 1.165) is 27.9 Å². The fourth-order valence-corrected chi connectivity index (χ4v) is 3.32. The Hall–Kier alpha value is -2.11. The average molecular weight is 357 g/mol. The van der Waals surface area contributed by atoms with Crippen molar-refractivity contribution in [3.63, 3.8) is 0 Å². The summed E-state index contributed by atoms with van der Waals surface area (Å²) < 4.78 is 2.08. The number of allylic oxidation sites excluding steroid dienone is 1. The summed E-state index contributed by atoms with van der Waals surface area (Å²) in [5.74, 6) is 1.61. The first-order valence-electron chi connectivity index (χ1n) is 7.52. The summed E-state index contributed by atoms with van der Waals surface area (Å²) >= 11 is 7.45. The zero-order valence-corrected chi connectivity index (χ0v) is 14.9. The average Bonchev–Trinajstić information content (AvgIpc) is 2.98. The lowest BCUT2D eigenvalue weighted by Crippen LogP contribution is -2.01. The van der Waals surface area contributed by atoms with Gasteiger partial charge in [0.2, 0.25) is 0 Å². The predicted octanol–water partition coefficient (Wildman–Crippen LogP) is 4.78. The molecule has 0 bridgehead atoms. The van der Waals surface area contributed by atoms with Crippen molar-refractivity contribution in [3.8, 4) is 11.4 Å². The summed E-state index contributed by atoms with van der Waals surface area (Å²) in [6, 6.07) is 12.0. The van der Waals surface area contributed by atoms with Crippen molar-refractivity contribution in [1.82, 2.24) is 19.7 Å². The van der Waals surface area contributed by atoms with E-state index in [9.17, 15) is 0 Å². The third-order valence-electron chi connectivity index (χ3n) is 3.46. The molecule has 1 aromatic carbocycles. The molecule has 0 unspecified atom stereocenters. The predicted molar refractivity (Wildman–Crippen MR) is 99.2 cm³/mol. The summed E-state index contributed by atoms with van der Waals surface area (Å²) in [4.78, 5) is 4.11. The van der Waals surface area contributed by atoms with Gasteiger partial charge >= 0.3 is 0 Å². The maximum atomic E-state index is 5.82. The van der Waals surface area contributed by atoms with Crippen molar-refractivity contribution in [2.75, 3.05) is 0 Å². The fraction of sp³-hybridized carbons (Fsp3) is 0.167. The van der Waals surface area contributed by atoms with Gasteiger partial charge in [-0.2, -0.15) is 0 Å². The molecule has 6 heteroatoms. The molecule has 0 radical (unpaired) electrons. The van der Waals surface area contributed by atoms with Gasteiger partial charge in [-0.3, -0.25) is 4.57 Å². The van der Waals surface area contributed by atoms with Crippen molar-refractivity contribution in [1.29, 1.82) is 0 Å². The van der Waals surface area contributed by atoms with Gasteiger partial charge in [0.05, 0.1) is 0 Å². The largest absolute Gasteiger partial charge is 0.298 e. The number of pyridine rings is 1. The van der Waals surface area contributed by atoms with Gasteiger partial charge in [0, 0.05) is 24.1 Å². The number of benzene rings is 1. The van der Waals surface area contributed by atoms with Gasteiger partial charge in [0.15, 0.2) is 11.0 Å². The number of rotatable bonds is 6. The summed E-state index contributed by atoms with van der Waals surface area (Å²) in [6.07, 6.45) is 3.64. The summed E-state index contributed by atoms with van der Waals surface area (Å²) in [6.45, 7) is 6.58. The minimum atomic E-state index is 0.500. The Morgan fingerprint density at radius 2 is 2.12 bits per heavy atom. The van der Waals surface area contributed by atoms with E-state index in [1.165, 1.54) is 5.56 Å². The van der Waals surface area contributed by atoms with E-state index in [1.54, 1.807) is 24.0 Å². The van der Waals surface area contributed by atoms with Gasteiger partial charge in [-0.25, -0.2) is 4.98 Å². The Kier molecular flexibility index (Phi) is 5.33. The van der Waals surface area contributed by atoms with E-state index in [-0.39, 0.29) is 0 Å². The van der Waals surface area contributed by atoms with Crippen LogP contribution in [0.25, 0.3) is 11.4 Å². The molecule has 0 spiro atoms. The Bertz CT molecular complexity index is 842. The second-order valence-electron chi connectivity index (χ2n) is 5.35. The van der Waals surface area contributed by atoms with Gasteiger partial charge in [-0.05, 0) is 24.6 Å². The quantitative estimate of drug-likeness (QED) is 0.362. The first kappa shape index (κ1) is 16.7. The normalized spacial score (nSPS) is 10.8. The number of aromatic nitrogens is 4. The molecule has 4 nitrogen and oxygen atoms in total. The zero-order chi connectivity index (χ0) is 16.9. The molecule has 122 valence electrons. The van der Waals surface area contributed by atoms with Gasteiger partial charge in [0.25, 0.3) is 0 Å². The molecular weight excluding hydrogens is 340 g/mol. The molecule has 0 N–H and O–H groups in total. The highest BCUT2D eigenvalue weighted by atomic mass is 35.5. The van der Waals surface area contributed by atoms with E-state index in [1.807, 2.05) is 24.3 Å². The van der Waals surface area contributed by atoms with Crippen molar-refractivity contribution in [2.45, 2.75) is 24.4 Å². The molecule has 0 aliphatic carbocycles. The molecule has 0 saturated carbocycles. The topological polar surface area (TPSA) is 43.6 Å². The van der Waals surface area contributed by atoms with E-state index < -0.39 is 0 Å². The van der Waals surface area contributed by atoms with Crippen LogP contribution < -0.4 is 0 Å². The van der Waals surface area contributed by atoms with E-state index in [4.69, 9.17) is 11.6 Å². The molecule has 0 fully saturated rings. The van der Waals surface area contributed by atoms with Crippen LogP contribution in [0.15, 0.2) is 60.4 Å². The van der Waals surface area contributed by atoms with Crippen molar-refractivity contribution in [3.05, 3.63) is 71.5 Å². The Morgan fingerprint density at radius 1 is 1.25 bits per heavy atom. The van der Waals surface area contributed by atoms with Crippen LogP contribution >= 0.6 is 23.4 Å². The monoisotopic (exact) mass is 356 g/mol. The van der Waals surface area contributed by atoms with Crippen LogP contribution in [0.5, 0.6) is 0 Å². The van der Waals surface area contributed by atoms with Gasteiger partial charge in [-0.15, -0.1) is 16.8 Å². The number of hydrogen-bond acceptors (Lipinski definition) is 4. The molecule has 2 heterocycles. The zero-order valence-electron chi connectivity index (χ0n) is 13.3. The number of aryl methyl sites for hydroxylation is 1. The highest BCUT2D eigenvalue weighted by molar-refractivity contribution is 7.98. The fourth-order valence-electron chi connectivity index (χ4n) is 2.33. The molecule has 0 amide bonds. The molecule has 0 aliphatic rings. The van der Waals surface area contributed by atoms with Crippen LogP contribution in [0.4, 0.5) is 0 Å². The summed E-state index contributed by atoms with van der Waals surface area (Å²) in [7, 11) is 0. The minimum Gasteiger partial charge on any atom is -0.298 e. The molecule has 3 rings (SSSR count). The van der Waals surface area contributed by atoms with Gasteiger partial charge < -0.3 is 0 Å². The smallest absolute Gasteiger partial charge is 0.192 e. The number of thioether (sulfide) groups is 1. The lowest BCUT2D eigenvalue weighted by atomic mass is 10.1. The SMILES string of the molecule is C=CCn1c(SCc2ccc(Cl)nc2)nnc1-c1cccc(C)c1. The lowest BCUT2D eigenvalue weighted by molar-refractivity contribution is 0.731. The van der Waals surface area contributed by atoms with Crippen LogP contribution in [-0.4, -0.2) is 19.7 Å².